The van der Waals surface area contributed by atoms with E-state index in [9.17, 15) is 0 Å². The van der Waals surface area contributed by atoms with Crippen LogP contribution >= 0.6 is 0 Å². The molecule has 1 saturated heterocycles. The molecule has 0 spiro atoms. The van der Waals surface area contributed by atoms with Gasteiger partial charge in [-0.1, -0.05) is 6.07 Å². The summed E-state index contributed by atoms with van der Waals surface area (Å²) in [7, 11) is 0. The maximum atomic E-state index is 5.67. The minimum absolute atomic E-state index is 0.282. The molecule has 94 valence electrons. The van der Waals surface area contributed by atoms with Gasteiger partial charge in [0.05, 0.1) is 12.7 Å². The van der Waals surface area contributed by atoms with Crippen molar-refractivity contribution < 1.29 is 4.74 Å². The highest BCUT2D eigenvalue weighted by Gasteiger charge is 2.13. The summed E-state index contributed by atoms with van der Waals surface area (Å²) in [5.41, 5.74) is 5.29. The van der Waals surface area contributed by atoms with Gasteiger partial charge in [-0.2, -0.15) is 0 Å². The minimum Gasteiger partial charge on any atom is -0.382 e. The van der Waals surface area contributed by atoms with E-state index in [4.69, 9.17) is 4.74 Å². The Morgan fingerprint density at radius 3 is 2.82 bits per heavy atom. The first-order chi connectivity index (χ1) is 8.18. The molecule has 1 heterocycles. The van der Waals surface area contributed by atoms with E-state index < -0.39 is 0 Å². The third kappa shape index (κ3) is 2.99. The lowest BCUT2D eigenvalue weighted by atomic mass is 10.0. The molecule has 1 fully saturated rings. The summed E-state index contributed by atoms with van der Waals surface area (Å²) in [4.78, 5) is 0. The fraction of sp³-hybridized carbons (Fsp3) is 0.571. The van der Waals surface area contributed by atoms with E-state index in [0.717, 1.165) is 26.2 Å². The van der Waals surface area contributed by atoms with E-state index in [1.165, 1.54) is 22.4 Å². The Morgan fingerprint density at radius 2 is 2.12 bits per heavy atom. The summed E-state index contributed by atoms with van der Waals surface area (Å²) in [5.74, 6) is 0. The molecule has 3 nitrogen and oxygen atoms in total. The standard InChI is InChI=1S/C14H22N2O/c1-10-4-5-14(12(3)11(10)2)16-9-13-8-15-6-7-17-13/h4-5,13,15-16H,6-9H2,1-3H3. The van der Waals surface area contributed by atoms with Crippen molar-refractivity contribution in [1.29, 1.82) is 0 Å². The normalized spacial score (nSPS) is 20.3. The zero-order valence-electron chi connectivity index (χ0n) is 11.0. The van der Waals surface area contributed by atoms with Gasteiger partial charge in [0.1, 0.15) is 0 Å². The van der Waals surface area contributed by atoms with Crippen molar-refractivity contribution in [2.45, 2.75) is 26.9 Å². The van der Waals surface area contributed by atoms with Gasteiger partial charge in [0.15, 0.2) is 0 Å². The second-order valence-electron chi connectivity index (χ2n) is 4.76. The molecule has 1 aromatic rings. The number of aryl methyl sites for hydroxylation is 1. The maximum absolute atomic E-state index is 5.67. The van der Waals surface area contributed by atoms with E-state index in [1.54, 1.807) is 0 Å². The summed E-state index contributed by atoms with van der Waals surface area (Å²) in [6.45, 7) is 10.1. The Balaban J connectivity index is 1.96. The highest BCUT2D eigenvalue weighted by Crippen LogP contribution is 2.21. The van der Waals surface area contributed by atoms with Crippen LogP contribution in [0.3, 0.4) is 0 Å². The van der Waals surface area contributed by atoms with Crippen molar-refractivity contribution >= 4 is 5.69 Å². The predicted octanol–water partition coefficient (Wildman–Crippen LogP) is 2.01. The number of benzene rings is 1. The van der Waals surface area contributed by atoms with Gasteiger partial charge >= 0.3 is 0 Å². The largest absolute Gasteiger partial charge is 0.382 e. The molecule has 3 heteroatoms. The van der Waals surface area contributed by atoms with E-state index in [0.29, 0.717) is 0 Å². The predicted molar refractivity (Wildman–Crippen MR) is 71.8 cm³/mol. The molecular weight excluding hydrogens is 212 g/mol. The van der Waals surface area contributed by atoms with Crippen molar-refractivity contribution in [3.05, 3.63) is 28.8 Å². The number of anilines is 1. The SMILES string of the molecule is Cc1ccc(NCC2CNCCO2)c(C)c1C. The van der Waals surface area contributed by atoms with Gasteiger partial charge in [-0.25, -0.2) is 0 Å². The van der Waals surface area contributed by atoms with Crippen LogP contribution in [0, 0.1) is 20.8 Å². The molecule has 2 N–H and O–H groups in total. The quantitative estimate of drug-likeness (QED) is 0.839. The smallest absolute Gasteiger partial charge is 0.0872 e. The molecule has 0 aliphatic carbocycles. The lowest BCUT2D eigenvalue weighted by Gasteiger charge is -2.25. The van der Waals surface area contributed by atoms with Crippen LogP contribution in [0.1, 0.15) is 16.7 Å². The molecule has 1 aromatic carbocycles. The third-order valence-corrected chi connectivity index (χ3v) is 3.58. The number of morpholine rings is 1. The van der Waals surface area contributed by atoms with Gasteiger partial charge in [-0.15, -0.1) is 0 Å². The van der Waals surface area contributed by atoms with Gasteiger partial charge in [0.25, 0.3) is 0 Å². The van der Waals surface area contributed by atoms with Crippen LogP contribution in [-0.2, 0) is 4.74 Å². The van der Waals surface area contributed by atoms with Crippen LogP contribution in [0.25, 0.3) is 0 Å². The summed E-state index contributed by atoms with van der Waals surface area (Å²) in [6, 6.07) is 4.33. The summed E-state index contributed by atoms with van der Waals surface area (Å²) in [6.07, 6.45) is 0.282. The molecule has 0 aromatic heterocycles. The Labute approximate surface area is 104 Å². The van der Waals surface area contributed by atoms with Crippen LogP contribution < -0.4 is 10.6 Å². The first-order valence-corrected chi connectivity index (χ1v) is 6.31. The van der Waals surface area contributed by atoms with Gasteiger partial charge in [0.2, 0.25) is 0 Å². The van der Waals surface area contributed by atoms with Gasteiger partial charge < -0.3 is 15.4 Å². The van der Waals surface area contributed by atoms with E-state index in [-0.39, 0.29) is 6.10 Å². The number of nitrogens with one attached hydrogen (secondary N) is 2. The van der Waals surface area contributed by atoms with Crippen LogP contribution in [0.5, 0.6) is 0 Å². The highest BCUT2D eigenvalue weighted by molar-refractivity contribution is 5.56. The zero-order chi connectivity index (χ0) is 12.3. The van der Waals surface area contributed by atoms with E-state index >= 15 is 0 Å². The Bertz CT molecular complexity index is 384. The number of rotatable bonds is 3. The van der Waals surface area contributed by atoms with Gasteiger partial charge in [0, 0.05) is 25.3 Å². The molecule has 1 atom stereocenters. The number of hydrogen-bond donors (Lipinski definition) is 2. The molecular formula is C14H22N2O. The molecule has 1 aliphatic heterocycles. The average molecular weight is 234 g/mol. The molecule has 0 amide bonds. The molecule has 17 heavy (non-hydrogen) atoms. The third-order valence-electron chi connectivity index (χ3n) is 3.58. The fourth-order valence-corrected chi connectivity index (χ4v) is 2.12. The number of hydrogen-bond acceptors (Lipinski definition) is 3. The molecule has 0 bridgehead atoms. The second kappa shape index (κ2) is 5.52. The van der Waals surface area contributed by atoms with Crippen LogP contribution in [0.4, 0.5) is 5.69 Å². The molecule has 1 unspecified atom stereocenters. The van der Waals surface area contributed by atoms with Crippen molar-refractivity contribution in [3.8, 4) is 0 Å². The summed E-state index contributed by atoms with van der Waals surface area (Å²) in [5, 5.41) is 6.83. The minimum atomic E-state index is 0.282. The zero-order valence-corrected chi connectivity index (χ0v) is 11.0. The van der Waals surface area contributed by atoms with E-state index in [1.807, 2.05) is 0 Å². The molecule has 2 rings (SSSR count). The maximum Gasteiger partial charge on any atom is 0.0872 e. The first kappa shape index (κ1) is 12.4. The monoisotopic (exact) mass is 234 g/mol. The first-order valence-electron chi connectivity index (χ1n) is 6.31. The molecule has 0 saturated carbocycles. The Kier molecular flexibility index (Phi) is 4.02. The summed E-state index contributed by atoms with van der Waals surface area (Å²) >= 11 is 0. The van der Waals surface area contributed by atoms with Crippen molar-refractivity contribution in [1.82, 2.24) is 5.32 Å². The van der Waals surface area contributed by atoms with Crippen LogP contribution in [0.15, 0.2) is 12.1 Å². The fourth-order valence-electron chi connectivity index (χ4n) is 2.12. The van der Waals surface area contributed by atoms with Crippen molar-refractivity contribution in [3.63, 3.8) is 0 Å². The average Bonchev–Trinajstić information content (AvgIpc) is 2.36. The van der Waals surface area contributed by atoms with Crippen molar-refractivity contribution in [2.24, 2.45) is 0 Å². The van der Waals surface area contributed by atoms with Gasteiger partial charge in [-0.3, -0.25) is 0 Å². The molecule has 0 radical (unpaired) electrons. The van der Waals surface area contributed by atoms with Crippen LogP contribution in [0.2, 0.25) is 0 Å². The Hall–Kier alpha value is -1.06. The van der Waals surface area contributed by atoms with Crippen molar-refractivity contribution in [2.75, 3.05) is 31.6 Å². The second-order valence-corrected chi connectivity index (χ2v) is 4.76. The Morgan fingerprint density at radius 1 is 1.29 bits per heavy atom. The lowest BCUT2D eigenvalue weighted by molar-refractivity contribution is 0.0372. The molecule has 1 aliphatic rings. The lowest BCUT2D eigenvalue weighted by Crippen LogP contribution is -2.42. The van der Waals surface area contributed by atoms with Gasteiger partial charge in [-0.05, 0) is 43.5 Å². The topological polar surface area (TPSA) is 33.3 Å². The number of ether oxygens (including phenoxy) is 1. The highest BCUT2D eigenvalue weighted by atomic mass is 16.5. The summed E-state index contributed by atoms with van der Waals surface area (Å²) < 4.78 is 5.67. The van der Waals surface area contributed by atoms with Crippen LogP contribution in [-0.4, -0.2) is 32.3 Å². The van der Waals surface area contributed by atoms with E-state index in [2.05, 4.69) is 43.5 Å².